The van der Waals surface area contributed by atoms with E-state index in [1.54, 1.807) is 0 Å². The molecule has 0 amide bonds. The second-order valence-electron chi connectivity index (χ2n) is 6.42. The fourth-order valence-corrected chi connectivity index (χ4v) is 3.05. The van der Waals surface area contributed by atoms with Gasteiger partial charge in [0.2, 0.25) is 0 Å². The zero-order valence-electron chi connectivity index (χ0n) is 18.3. The second-order valence-corrected chi connectivity index (χ2v) is 9.71. The Bertz CT molecular complexity index is 818. The summed E-state index contributed by atoms with van der Waals surface area (Å²) >= 11 is 0. The van der Waals surface area contributed by atoms with Crippen LogP contribution in [-0.2, 0) is 66.7 Å². The van der Waals surface area contributed by atoms with Crippen LogP contribution in [0.2, 0.25) is 0 Å². The van der Waals surface area contributed by atoms with Crippen LogP contribution in [0.4, 0.5) is 0 Å². The van der Waals surface area contributed by atoms with Crippen molar-refractivity contribution in [1.82, 2.24) is 0 Å². The van der Waals surface area contributed by atoms with E-state index in [0.717, 1.165) is 27.7 Å². The zero-order chi connectivity index (χ0) is 25.3. The van der Waals surface area contributed by atoms with Crippen molar-refractivity contribution in [2.24, 2.45) is 0 Å². The summed E-state index contributed by atoms with van der Waals surface area (Å²) in [6, 6.07) is 0. The normalized spacial score (nSPS) is 15.6. The van der Waals surface area contributed by atoms with Crippen LogP contribution in [0.1, 0.15) is 27.7 Å². The molecule has 0 saturated heterocycles. The second kappa shape index (κ2) is 12.7. The molecule has 0 heterocycles. The van der Waals surface area contributed by atoms with Crippen molar-refractivity contribution >= 4 is 44.1 Å². The summed E-state index contributed by atoms with van der Waals surface area (Å²) in [6.07, 6.45) is -5.57. The third-order valence-corrected chi connectivity index (χ3v) is 4.32. The number of hydrogen-bond donors (Lipinski definition) is 0. The Balaban J connectivity index is 6.41. The van der Waals surface area contributed by atoms with Gasteiger partial charge in [0.25, 0.3) is 20.2 Å². The van der Waals surface area contributed by atoms with Gasteiger partial charge in [-0.25, -0.2) is 0 Å². The Morgan fingerprint density at radius 1 is 0.562 bits per heavy atom. The van der Waals surface area contributed by atoms with E-state index in [0.29, 0.717) is 12.5 Å². The van der Waals surface area contributed by atoms with Gasteiger partial charge >= 0.3 is 23.9 Å². The number of hydrogen-bond acceptors (Lipinski definition) is 14. The molecular formula is C16H26O14S2. The molecule has 0 aliphatic heterocycles. The molecule has 0 aromatic carbocycles. The van der Waals surface area contributed by atoms with E-state index in [1.807, 2.05) is 0 Å². The molecule has 0 aliphatic carbocycles. The first-order valence-corrected chi connectivity index (χ1v) is 12.4. The summed E-state index contributed by atoms with van der Waals surface area (Å²) in [5.41, 5.74) is 0. The molecule has 0 N–H and O–H groups in total. The van der Waals surface area contributed by atoms with Crippen LogP contribution in [0.5, 0.6) is 0 Å². The molecule has 0 unspecified atom stereocenters. The fourth-order valence-electron chi connectivity index (χ4n) is 2.29. The van der Waals surface area contributed by atoms with Crippen LogP contribution in [0.25, 0.3) is 0 Å². The van der Waals surface area contributed by atoms with E-state index in [-0.39, 0.29) is 0 Å². The van der Waals surface area contributed by atoms with Gasteiger partial charge in [0.05, 0.1) is 12.5 Å². The molecular weight excluding hydrogens is 480 g/mol. The van der Waals surface area contributed by atoms with Gasteiger partial charge in [-0.1, -0.05) is 0 Å². The van der Waals surface area contributed by atoms with Gasteiger partial charge in [-0.05, 0) is 0 Å². The van der Waals surface area contributed by atoms with Crippen LogP contribution in [-0.4, -0.2) is 90.9 Å². The van der Waals surface area contributed by atoms with Crippen LogP contribution < -0.4 is 0 Å². The van der Waals surface area contributed by atoms with Gasteiger partial charge < -0.3 is 18.9 Å². The molecule has 0 spiro atoms. The first-order chi connectivity index (χ1) is 14.4. The van der Waals surface area contributed by atoms with Crippen LogP contribution >= 0.6 is 0 Å². The molecule has 0 saturated carbocycles. The molecule has 0 rings (SSSR count). The summed E-state index contributed by atoms with van der Waals surface area (Å²) < 4.78 is 74.9. The smallest absolute Gasteiger partial charge is 0.303 e. The molecule has 0 aliphatic rings. The van der Waals surface area contributed by atoms with Crippen molar-refractivity contribution in [2.45, 2.75) is 52.1 Å². The summed E-state index contributed by atoms with van der Waals surface area (Å²) in [4.78, 5) is 46.5. The lowest BCUT2D eigenvalue weighted by molar-refractivity contribution is -0.202. The van der Waals surface area contributed by atoms with Gasteiger partial charge in [-0.15, -0.1) is 0 Å². The van der Waals surface area contributed by atoms with Crippen LogP contribution in [0.15, 0.2) is 0 Å². The number of esters is 4. The molecule has 0 aromatic rings. The van der Waals surface area contributed by atoms with Crippen molar-refractivity contribution < 1.29 is 63.3 Å². The molecule has 4 atom stereocenters. The van der Waals surface area contributed by atoms with Crippen LogP contribution in [0, 0.1) is 0 Å². The lowest BCUT2D eigenvalue weighted by Crippen LogP contribution is -2.54. The third kappa shape index (κ3) is 13.9. The summed E-state index contributed by atoms with van der Waals surface area (Å²) in [7, 11) is -8.13. The van der Waals surface area contributed by atoms with Crippen molar-refractivity contribution in [3.05, 3.63) is 0 Å². The number of carbonyl (C=O) groups is 4. The van der Waals surface area contributed by atoms with Gasteiger partial charge in [-0.3, -0.25) is 27.5 Å². The van der Waals surface area contributed by atoms with E-state index in [1.165, 1.54) is 0 Å². The highest BCUT2D eigenvalue weighted by molar-refractivity contribution is 7.86. The van der Waals surface area contributed by atoms with E-state index in [9.17, 15) is 36.0 Å². The summed E-state index contributed by atoms with van der Waals surface area (Å²) in [6.45, 7) is 2.02. The van der Waals surface area contributed by atoms with E-state index < -0.39 is 81.7 Å². The lowest BCUT2D eigenvalue weighted by Gasteiger charge is -2.35. The van der Waals surface area contributed by atoms with Crippen molar-refractivity contribution in [3.8, 4) is 0 Å². The Hall–Kier alpha value is -2.30. The quantitative estimate of drug-likeness (QED) is 0.162. The Kier molecular flexibility index (Phi) is 11.8. The molecule has 0 bridgehead atoms. The Morgan fingerprint density at radius 3 is 1.00 bits per heavy atom. The monoisotopic (exact) mass is 506 g/mol. The Labute approximate surface area is 185 Å². The zero-order valence-corrected chi connectivity index (χ0v) is 19.9. The largest absolute Gasteiger partial charge is 0.456 e. The minimum atomic E-state index is -4.06. The van der Waals surface area contributed by atoms with Gasteiger partial charge in [0.15, 0.2) is 24.4 Å². The molecule has 0 radical (unpaired) electrons. The topological polar surface area (TPSA) is 192 Å². The van der Waals surface area contributed by atoms with E-state index in [2.05, 4.69) is 8.37 Å². The maximum Gasteiger partial charge on any atom is 0.303 e. The maximum absolute atomic E-state index is 11.7. The lowest BCUT2D eigenvalue weighted by atomic mass is 10.0. The average molecular weight is 507 g/mol. The van der Waals surface area contributed by atoms with Crippen molar-refractivity contribution in [3.63, 3.8) is 0 Å². The van der Waals surface area contributed by atoms with Gasteiger partial charge in [0, 0.05) is 27.7 Å². The van der Waals surface area contributed by atoms with Gasteiger partial charge in [0.1, 0.15) is 13.2 Å². The molecule has 186 valence electrons. The molecule has 16 heteroatoms. The minimum absolute atomic E-state index is 0.698. The standard InChI is InChI=1S/C16H26O14S2/c1-9(17)27-13(7-25-31(5,21)22)15(29-11(3)19)16(30-12(4)20)14(28-10(2)18)8-26-32(6,23)24/h13-16H,7-8H2,1-6H3/t13-,14+,15+,16-. The van der Waals surface area contributed by atoms with E-state index >= 15 is 0 Å². The molecule has 32 heavy (non-hydrogen) atoms. The summed E-state index contributed by atoms with van der Waals surface area (Å²) in [5, 5.41) is 0. The predicted molar refractivity (Wildman–Crippen MR) is 104 cm³/mol. The summed E-state index contributed by atoms with van der Waals surface area (Å²) in [5.74, 6) is -3.90. The van der Waals surface area contributed by atoms with Crippen molar-refractivity contribution in [1.29, 1.82) is 0 Å². The molecule has 14 nitrogen and oxygen atoms in total. The van der Waals surface area contributed by atoms with Gasteiger partial charge in [-0.2, -0.15) is 16.8 Å². The molecule has 0 aromatic heterocycles. The predicted octanol–water partition coefficient (Wildman–Crippen LogP) is -1.33. The highest BCUT2D eigenvalue weighted by atomic mass is 32.2. The maximum atomic E-state index is 11.7. The third-order valence-electron chi connectivity index (χ3n) is 3.19. The highest BCUT2D eigenvalue weighted by Gasteiger charge is 2.44. The van der Waals surface area contributed by atoms with Crippen LogP contribution in [0.3, 0.4) is 0 Å². The number of rotatable bonds is 13. The van der Waals surface area contributed by atoms with Crippen molar-refractivity contribution in [2.75, 3.05) is 25.7 Å². The van der Waals surface area contributed by atoms with E-state index in [4.69, 9.17) is 18.9 Å². The average Bonchev–Trinajstić information content (AvgIpc) is 2.56. The number of carbonyl (C=O) groups excluding carboxylic acids is 4. The fraction of sp³-hybridized carbons (Fsp3) is 0.750. The number of ether oxygens (including phenoxy) is 4. The first-order valence-electron chi connectivity index (χ1n) is 8.79. The minimum Gasteiger partial charge on any atom is -0.456 e. The SMILES string of the molecule is CC(=O)O[C@H]([C@H](OC(C)=O)[C@H](COS(C)(=O)=O)OC(C)=O)[C@@H](COS(C)(=O)=O)OC(C)=O. The first kappa shape index (κ1) is 29.7. The highest BCUT2D eigenvalue weighted by Crippen LogP contribution is 2.21. The Morgan fingerprint density at radius 2 is 0.812 bits per heavy atom. The molecule has 0 fully saturated rings.